The first-order chi connectivity index (χ1) is 16.9. The minimum absolute atomic E-state index is 0.0246. The van der Waals surface area contributed by atoms with E-state index in [1.807, 2.05) is 0 Å². The fraction of sp³-hybridized carbons (Fsp3) is 0.609. The van der Waals surface area contributed by atoms with Crippen molar-refractivity contribution in [3.63, 3.8) is 0 Å². The van der Waals surface area contributed by atoms with Gasteiger partial charge in [-0.1, -0.05) is 0 Å². The van der Waals surface area contributed by atoms with Crippen molar-refractivity contribution in [3.05, 3.63) is 29.8 Å². The fourth-order valence-electron chi connectivity index (χ4n) is 5.79. The molecule has 36 heavy (non-hydrogen) atoms. The summed E-state index contributed by atoms with van der Waals surface area (Å²) in [7, 11) is 0. The highest BCUT2D eigenvalue weighted by Crippen LogP contribution is 2.48. The Hall–Kier alpha value is -3.27. The topological polar surface area (TPSA) is 141 Å². The molecule has 9 nitrogen and oxygen atoms in total. The number of rotatable bonds is 3. The summed E-state index contributed by atoms with van der Waals surface area (Å²) in [4.78, 5) is 42.1. The lowest BCUT2D eigenvalue weighted by Gasteiger charge is -2.41. The quantitative estimate of drug-likeness (QED) is 0.592. The maximum Gasteiger partial charge on any atom is 0.490 e. The van der Waals surface area contributed by atoms with Crippen LogP contribution in [0.5, 0.6) is 0 Å². The van der Waals surface area contributed by atoms with Crippen molar-refractivity contribution in [2.45, 2.75) is 74.9 Å². The van der Waals surface area contributed by atoms with E-state index in [1.54, 1.807) is 9.80 Å². The Kier molecular flexibility index (Phi) is 6.92. The fourth-order valence-corrected chi connectivity index (χ4v) is 5.79. The van der Waals surface area contributed by atoms with E-state index in [0.717, 1.165) is 31.9 Å². The molecule has 3 aliphatic heterocycles. The SMILES string of the molecule is N#C[C@@H]1C[C@@H]2C[C@@H]2N1C(=O)[C@@H](N)C1CC2CCC(C1)N2C(=O)c1ccncc1F.O=C(O)C(F)(F)F. The van der Waals surface area contributed by atoms with E-state index in [-0.39, 0.29) is 47.5 Å². The number of alkyl halides is 3. The summed E-state index contributed by atoms with van der Waals surface area (Å²) in [6.45, 7) is 0. The molecule has 1 saturated carbocycles. The van der Waals surface area contributed by atoms with Gasteiger partial charge in [-0.05, 0) is 56.4 Å². The van der Waals surface area contributed by atoms with Crippen LogP contribution in [0, 0.1) is 29.0 Å². The molecule has 3 N–H and O–H groups in total. The highest BCUT2D eigenvalue weighted by atomic mass is 19.4. The van der Waals surface area contributed by atoms with E-state index >= 15 is 0 Å². The molecule has 0 spiro atoms. The van der Waals surface area contributed by atoms with Gasteiger partial charge < -0.3 is 20.6 Å². The number of halogens is 4. The van der Waals surface area contributed by atoms with Crippen molar-refractivity contribution >= 4 is 17.8 Å². The maximum absolute atomic E-state index is 14.1. The number of nitrogens with two attached hydrogens (primary N) is 1. The molecule has 194 valence electrons. The number of carboxylic acid groups (broad SMARTS) is 1. The Morgan fingerprint density at radius 3 is 2.28 bits per heavy atom. The van der Waals surface area contributed by atoms with Crippen molar-refractivity contribution < 1.29 is 37.1 Å². The number of likely N-dealkylation sites (tertiary alicyclic amines) is 1. The zero-order valence-electron chi connectivity index (χ0n) is 19.1. The predicted molar refractivity (Wildman–Crippen MR) is 114 cm³/mol. The highest BCUT2D eigenvalue weighted by Gasteiger charge is 2.56. The first kappa shape index (κ1) is 25.8. The van der Waals surface area contributed by atoms with E-state index in [9.17, 15) is 32.4 Å². The van der Waals surface area contributed by atoms with Crippen LogP contribution >= 0.6 is 0 Å². The maximum atomic E-state index is 14.1. The second-order valence-electron chi connectivity index (χ2n) is 9.70. The second kappa shape index (κ2) is 9.65. The number of carbonyl (C=O) groups is 3. The Morgan fingerprint density at radius 1 is 1.14 bits per heavy atom. The van der Waals surface area contributed by atoms with Crippen molar-refractivity contribution in [2.75, 3.05) is 0 Å². The first-order valence-corrected chi connectivity index (χ1v) is 11.6. The number of hydrogen-bond acceptors (Lipinski definition) is 6. The molecule has 0 aromatic carbocycles. The molecule has 2 unspecified atom stereocenters. The van der Waals surface area contributed by atoms with Gasteiger partial charge in [0.1, 0.15) is 6.04 Å². The number of carbonyl (C=O) groups excluding carboxylic acids is 2. The van der Waals surface area contributed by atoms with Crippen molar-refractivity contribution in [1.82, 2.24) is 14.8 Å². The average molecular weight is 511 g/mol. The molecule has 0 radical (unpaired) electrons. The molecular formula is C23H25F4N5O4. The van der Waals surface area contributed by atoms with Crippen LogP contribution < -0.4 is 5.73 Å². The van der Waals surface area contributed by atoms with Crippen molar-refractivity contribution in [1.29, 1.82) is 5.26 Å². The summed E-state index contributed by atoms with van der Waals surface area (Å²) in [6, 6.07) is 2.78. The Morgan fingerprint density at radius 2 is 1.75 bits per heavy atom. The molecule has 4 heterocycles. The summed E-state index contributed by atoms with van der Waals surface area (Å²) >= 11 is 0. The molecule has 13 heteroatoms. The molecule has 2 amide bonds. The minimum atomic E-state index is -5.08. The standard InChI is InChI=1S/C21H24FN5O2.C2HF3O2/c22-17-10-25-4-3-16(17)20(28)26-13-1-2-14(26)7-12(6-13)19(24)21(29)27-15(9-23)5-11-8-18(11)27;3-2(4,5)1(6)7/h3-4,10-15,18-19H,1-2,5-8,24H2;(H,6,7)/t11-,12?,13?,14?,15+,18+,19+;/m1./s1. The molecule has 4 fully saturated rings. The monoisotopic (exact) mass is 511 g/mol. The van der Waals surface area contributed by atoms with E-state index < -0.39 is 24.0 Å². The van der Waals surface area contributed by atoms with Crippen molar-refractivity contribution in [2.24, 2.45) is 17.6 Å². The van der Waals surface area contributed by atoms with Crippen LogP contribution in [-0.4, -0.2) is 74.1 Å². The lowest BCUT2D eigenvalue weighted by molar-refractivity contribution is -0.192. The number of carboxylic acids is 1. The van der Waals surface area contributed by atoms with Gasteiger partial charge in [-0.2, -0.15) is 18.4 Å². The van der Waals surface area contributed by atoms with Crippen LogP contribution in [0.15, 0.2) is 18.5 Å². The van der Waals surface area contributed by atoms with Gasteiger partial charge in [0.25, 0.3) is 5.91 Å². The summed E-state index contributed by atoms with van der Waals surface area (Å²) in [6.07, 6.45) is 2.10. The van der Waals surface area contributed by atoms with Gasteiger partial charge in [-0.25, -0.2) is 9.18 Å². The number of piperidine rings is 2. The Bertz CT molecular complexity index is 1080. The number of pyridine rings is 1. The van der Waals surface area contributed by atoms with Gasteiger partial charge in [0.2, 0.25) is 5.91 Å². The molecule has 1 aromatic heterocycles. The van der Waals surface area contributed by atoms with Crippen LogP contribution in [0.4, 0.5) is 17.6 Å². The molecular weight excluding hydrogens is 486 g/mol. The van der Waals surface area contributed by atoms with E-state index in [0.29, 0.717) is 18.8 Å². The van der Waals surface area contributed by atoms with Crippen LogP contribution in [0.2, 0.25) is 0 Å². The largest absolute Gasteiger partial charge is 0.490 e. The third-order valence-corrected chi connectivity index (χ3v) is 7.55. The van der Waals surface area contributed by atoms with Crippen LogP contribution in [0.1, 0.15) is 48.9 Å². The number of amides is 2. The molecule has 3 saturated heterocycles. The lowest BCUT2D eigenvalue weighted by atomic mass is 9.84. The third kappa shape index (κ3) is 4.86. The van der Waals surface area contributed by atoms with Crippen LogP contribution in [0.3, 0.4) is 0 Å². The van der Waals surface area contributed by atoms with Gasteiger partial charge in [0.15, 0.2) is 5.82 Å². The van der Waals surface area contributed by atoms with Gasteiger partial charge in [-0.3, -0.25) is 14.6 Å². The molecule has 2 bridgehead atoms. The molecule has 4 aliphatic rings. The van der Waals surface area contributed by atoms with Gasteiger partial charge in [0, 0.05) is 24.3 Å². The molecule has 5 rings (SSSR count). The second-order valence-corrected chi connectivity index (χ2v) is 9.70. The van der Waals surface area contributed by atoms with E-state index in [1.165, 1.54) is 12.3 Å². The molecule has 1 aliphatic carbocycles. The average Bonchev–Trinajstić information content (AvgIpc) is 3.42. The summed E-state index contributed by atoms with van der Waals surface area (Å²) < 4.78 is 45.8. The zero-order chi connectivity index (χ0) is 26.4. The Balaban J connectivity index is 0.000000384. The number of fused-ring (bicyclic) bond motifs is 3. The first-order valence-electron chi connectivity index (χ1n) is 11.6. The Labute approximate surface area is 203 Å². The minimum Gasteiger partial charge on any atom is -0.475 e. The number of hydrogen-bond donors (Lipinski definition) is 2. The molecule has 6 atom stereocenters. The van der Waals surface area contributed by atoms with Crippen LogP contribution in [0.25, 0.3) is 0 Å². The lowest BCUT2D eigenvalue weighted by Crippen LogP contribution is -2.55. The zero-order valence-corrected chi connectivity index (χ0v) is 19.1. The smallest absolute Gasteiger partial charge is 0.475 e. The number of nitriles is 1. The van der Waals surface area contributed by atoms with E-state index in [4.69, 9.17) is 15.6 Å². The normalized spacial score (nSPS) is 31.0. The summed E-state index contributed by atoms with van der Waals surface area (Å²) in [5.74, 6) is -3.36. The number of nitrogens with zero attached hydrogens (tertiary/aromatic N) is 4. The van der Waals surface area contributed by atoms with Gasteiger partial charge >= 0.3 is 12.1 Å². The summed E-state index contributed by atoms with van der Waals surface area (Å²) in [5, 5.41) is 16.5. The number of aromatic nitrogens is 1. The van der Waals surface area contributed by atoms with Crippen molar-refractivity contribution in [3.8, 4) is 6.07 Å². The predicted octanol–water partition coefficient (Wildman–Crippen LogP) is 2.08. The third-order valence-electron chi connectivity index (χ3n) is 7.55. The van der Waals surface area contributed by atoms with Gasteiger partial charge in [0.05, 0.1) is 23.9 Å². The summed E-state index contributed by atoms with van der Waals surface area (Å²) in [5.41, 5.74) is 6.45. The van der Waals surface area contributed by atoms with E-state index in [2.05, 4.69) is 11.1 Å². The highest BCUT2D eigenvalue weighted by molar-refractivity contribution is 5.95. The van der Waals surface area contributed by atoms with Crippen LogP contribution in [-0.2, 0) is 9.59 Å². The molecule has 1 aromatic rings. The van der Waals surface area contributed by atoms with Gasteiger partial charge in [-0.15, -0.1) is 0 Å². The number of aliphatic carboxylic acids is 1.